The first-order valence-corrected chi connectivity index (χ1v) is 7.10. The lowest BCUT2D eigenvalue weighted by atomic mass is 10.2. The van der Waals surface area contributed by atoms with Crippen molar-refractivity contribution >= 4 is 24.0 Å². The van der Waals surface area contributed by atoms with Gasteiger partial charge in [0.25, 0.3) is 5.91 Å². The summed E-state index contributed by atoms with van der Waals surface area (Å²) in [6.45, 7) is 1.90. The molecule has 1 N–H and O–H groups in total. The maximum Gasteiger partial charge on any atom is 0.259 e. The molecule has 0 bridgehead atoms. The molecular formula is C17H17ClN4O2. The van der Waals surface area contributed by atoms with E-state index in [1.54, 1.807) is 36.7 Å². The molecule has 0 atom stereocenters. The third-order valence-corrected chi connectivity index (χ3v) is 3.43. The number of imidazole rings is 1. The highest BCUT2D eigenvalue weighted by Crippen LogP contribution is 2.19. The van der Waals surface area contributed by atoms with Crippen molar-refractivity contribution < 1.29 is 9.53 Å². The largest absolute Gasteiger partial charge is 0.496 e. The van der Waals surface area contributed by atoms with Crippen LogP contribution in [0.5, 0.6) is 5.75 Å². The summed E-state index contributed by atoms with van der Waals surface area (Å²) in [7, 11) is 1.54. The minimum atomic E-state index is -0.240. The molecule has 1 amide bonds. The van der Waals surface area contributed by atoms with Gasteiger partial charge in [-0.3, -0.25) is 9.36 Å². The molecule has 7 heteroatoms. The molecule has 2 aromatic heterocycles. The summed E-state index contributed by atoms with van der Waals surface area (Å²) in [5.41, 5.74) is 1.09. The molecule has 3 aromatic rings. The number of ether oxygens (including phenoxy) is 1. The number of amides is 1. The number of para-hydroxylation sites is 1. The van der Waals surface area contributed by atoms with E-state index >= 15 is 0 Å². The molecule has 0 fully saturated rings. The predicted molar refractivity (Wildman–Crippen MR) is 94.3 cm³/mol. The SMILES string of the molecule is COc1ccccc1C(=O)Nc1ccc(-n2ccnc2C)nc1.Cl. The molecule has 0 radical (unpaired) electrons. The third-order valence-electron chi connectivity index (χ3n) is 3.43. The fraction of sp³-hybridized carbons (Fsp3) is 0.118. The molecule has 124 valence electrons. The Morgan fingerprint density at radius 2 is 1.96 bits per heavy atom. The second-order valence-electron chi connectivity index (χ2n) is 4.90. The number of benzene rings is 1. The number of nitrogens with one attached hydrogen (secondary N) is 1. The Morgan fingerprint density at radius 3 is 2.58 bits per heavy atom. The zero-order valence-corrected chi connectivity index (χ0v) is 14.1. The molecule has 3 rings (SSSR count). The Morgan fingerprint density at radius 1 is 1.17 bits per heavy atom. The molecular weight excluding hydrogens is 328 g/mol. The zero-order chi connectivity index (χ0) is 16.2. The molecule has 6 nitrogen and oxygen atoms in total. The first-order chi connectivity index (χ1) is 11.2. The van der Waals surface area contributed by atoms with Crippen LogP contribution < -0.4 is 10.1 Å². The Hall–Kier alpha value is -2.86. The minimum absolute atomic E-state index is 0. The molecule has 0 saturated heterocycles. The predicted octanol–water partition coefficient (Wildman–Crippen LogP) is 3.26. The quantitative estimate of drug-likeness (QED) is 0.788. The third kappa shape index (κ3) is 3.55. The van der Waals surface area contributed by atoms with Crippen LogP contribution in [0.25, 0.3) is 5.82 Å². The van der Waals surface area contributed by atoms with Crippen molar-refractivity contribution in [1.29, 1.82) is 0 Å². The summed E-state index contributed by atoms with van der Waals surface area (Å²) in [6, 6.07) is 10.7. The number of hydrogen-bond donors (Lipinski definition) is 1. The van der Waals surface area contributed by atoms with E-state index in [0.717, 1.165) is 11.6 Å². The Labute approximate surface area is 145 Å². The summed E-state index contributed by atoms with van der Waals surface area (Å²) < 4.78 is 7.07. The average Bonchev–Trinajstić information content (AvgIpc) is 3.01. The first-order valence-electron chi connectivity index (χ1n) is 7.10. The van der Waals surface area contributed by atoms with Crippen LogP contribution in [-0.4, -0.2) is 27.6 Å². The summed E-state index contributed by atoms with van der Waals surface area (Å²) in [5, 5.41) is 2.81. The number of carbonyl (C=O) groups excluding carboxylic acids is 1. The molecule has 0 saturated carbocycles. The van der Waals surface area contributed by atoms with Gasteiger partial charge in [0, 0.05) is 12.4 Å². The number of hydrogen-bond acceptors (Lipinski definition) is 4. The van der Waals surface area contributed by atoms with Gasteiger partial charge < -0.3 is 10.1 Å². The van der Waals surface area contributed by atoms with Crippen molar-refractivity contribution in [2.75, 3.05) is 12.4 Å². The lowest BCUT2D eigenvalue weighted by Gasteiger charge is -2.09. The summed E-state index contributed by atoms with van der Waals surface area (Å²) in [6.07, 6.45) is 5.17. The van der Waals surface area contributed by atoms with Crippen molar-refractivity contribution in [3.63, 3.8) is 0 Å². The number of aryl methyl sites for hydroxylation is 1. The Balaban J connectivity index is 0.00000208. The van der Waals surface area contributed by atoms with Gasteiger partial charge in [-0.25, -0.2) is 9.97 Å². The van der Waals surface area contributed by atoms with E-state index in [1.165, 1.54) is 7.11 Å². The van der Waals surface area contributed by atoms with Crippen LogP contribution in [0.3, 0.4) is 0 Å². The maximum absolute atomic E-state index is 12.3. The van der Waals surface area contributed by atoms with Gasteiger partial charge in [-0.2, -0.15) is 0 Å². The number of anilines is 1. The van der Waals surface area contributed by atoms with Gasteiger partial charge in [-0.15, -0.1) is 12.4 Å². The maximum atomic E-state index is 12.3. The summed E-state index contributed by atoms with van der Waals surface area (Å²) in [5.74, 6) is 1.89. The molecule has 0 aliphatic heterocycles. The monoisotopic (exact) mass is 344 g/mol. The van der Waals surface area contributed by atoms with E-state index in [4.69, 9.17) is 4.74 Å². The molecule has 24 heavy (non-hydrogen) atoms. The lowest BCUT2D eigenvalue weighted by molar-refractivity contribution is 0.102. The minimum Gasteiger partial charge on any atom is -0.496 e. The molecule has 0 spiro atoms. The fourth-order valence-corrected chi connectivity index (χ4v) is 2.25. The average molecular weight is 345 g/mol. The number of pyridine rings is 1. The van der Waals surface area contributed by atoms with Crippen LogP contribution in [0.2, 0.25) is 0 Å². The summed E-state index contributed by atoms with van der Waals surface area (Å²) >= 11 is 0. The van der Waals surface area contributed by atoms with Crippen LogP contribution in [0, 0.1) is 6.92 Å². The van der Waals surface area contributed by atoms with Gasteiger partial charge in [0.05, 0.1) is 24.6 Å². The van der Waals surface area contributed by atoms with Gasteiger partial charge in [-0.1, -0.05) is 12.1 Å². The molecule has 0 unspecified atom stereocenters. The Kier molecular flexibility index (Phi) is 5.55. The molecule has 0 aliphatic rings. The van der Waals surface area contributed by atoms with Gasteiger partial charge in [-0.05, 0) is 31.2 Å². The van der Waals surface area contributed by atoms with E-state index in [1.807, 2.05) is 29.8 Å². The van der Waals surface area contributed by atoms with Gasteiger partial charge >= 0.3 is 0 Å². The van der Waals surface area contributed by atoms with E-state index in [0.29, 0.717) is 17.0 Å². The van der Waals surface area contributed by atoms with Crippen molar-refractivity contribution in [2.45, 2.75) is 6.92 Å². The molecule has 0 aliphatic carbocycles. The fourth-order valence-electron chi connectivity index (χ4n) is 2.25. The van der Waals surface area contributed by atoms with Crippen LogP contribution in [0.1, 0.15) is 16.2 Å². The molecule has 1 aromatic carbocycles. The number of nitrogens with zero attached hydrogens (tertiary/aromatic N) is 3. The van der Waals surface area contributed by atoms with E-state index < -0.39 is 0 Å². The van der Waals surface area contributed by atoms with Crippen LogP contribution in [0.15, 0.2) is 55.0 Å². The van der Waals surface area contributed by atoms with E-state index in [-0.39, 0.29) is 18.3 Å². The van der Waals surface area contributed by atoms with Crippen molar-refractivity contribution in [1.82, 2.24) is 14.5 Å². The number of aromatic nitrogens is 3. The van der Waals surface area contributed by atoms with Gasteiger partial charge in [0.2, 0.25) is 0 Å². The van der Waals surface area contributed by atoms with E-state index in [2.05, 4.69) is 15.3 Å². The van der Waals surface area contributed by atoms with Crippen molar-refractivity contribution in [3.8, 4) is 11.6 Å². The lowest BCUT2D eigenvalue weighted by Crippen LogP contribution is -2.13. The standard InChI is InChI=1S/C17H16N4O2.ClH/c1-12-18-9-10-21(12)16-8-7-13(11-19-16)20-17(22)14-5-3-4-6-15(14)23-2;/h3-11H,1-2H3,(H,20,22);1H. The highest BCUT2D eigenvalue weighted by molar-refractivity contribution is 6.06. The van der Waals surface area contributed by atoms with Crippen molar-refractivity contribution in [3.05, 3.63) is 66.4 Å². The van der Waals surface area contributed by atoms with E-state index in [9.17, 15) is 4.79 Å². The number of halogens is 1. The smallest absolute Gasteiger partial charge is 0.259 e. The number of carbonyl (C=O) groups is 1. The van der Waals surface area contributed by atoms with Crippen LogP contribution in [0.4, 0.5) is 5.69 Å². The number of rotatable bonds is 4. The second kappa shape index (κ2) is 7.61. The first kappa shape index (κ1) is 17.5. The highest BCUT2D eigenvalue weighted by atomic mass is 35.5. The van der Waals surface area contributed by atoms with Crippen LogP contribution in [-0.2, 0) is 0 Å². The van der Waals surface area contributed by atoms with Gasteiger partial charge in [0.15, 0.2) is 0 Å². The van der Waals surface area contributed by atoms with Crippen molar-refractivity contribution in [2.24, 2.45) is 0 Å². The topological polar surface area (TPSA) is 69.0 Å². The highest BCUT2D eigenvalue weighted by Gasteiger charge is 2.12. The summed E-state index contributed by atoms with van der Waals surface area (Å²) in [4.78, 5) is 20.8. The Bertz CT molecular complexity index is 831. The van der Waals surface area contributed by atoms with Gasteiger partial charge in [0.1, 0.15) is 17.4 Å². The zero-order valence-electron chi connectivity index (χ0n) is 13.3. The molecule has 2 heterocycles. The normalized spacial score (nSPS) is 9.92. The number of methoxy groups -OCH3 is 1. The second-order valence-corrected chi connectivity index (χ2v) is 4.90. The van der Waals surface area contributed by atoms with Crippen LogP contribution >= 0.6 is 12.4 Å².